The Hall–Kier alpha value is -1.31. The molecule has 0 unspecified atom stereocenters. The highest BCUT2D eigenvalue weighted by Gasteiger charge is 2.19. The van der Waals surface area contributed by atoms with Crippen molar-refractivity contribution in [1.29, 1.82) is 0 Å². The van der Waals surface area contributed by atoms with E-state index in [0.29, 0.717) is 0 Å². The molecule has 1 aromatic carbocycles. The van der Waals surface area contributed by atoms with Crippen LogP contribution in [0.4, 0.5) is 0 Å². The molecule has 0 aromatic heterocycles. The quantitative estimate of drug-likeness (QED) is 0.720. The maximum absolute atomic E-state index is 12.0. The summed E-state index contributed by atoms with van der Waals surface area (Å²) in [6.45, 7) is 5.65. The van der Waals surface area contributed by atoms with Gasteiger partial charge in [0.15, 0.2) is 0 Å². The summed E-state index contributed by atoms with van der Waals surface area (Å²) in [7, 11) is 0. The SMILES string of the molecule is [CH2]Cc1cccc(C(=O)N2CCCC2)c1. The van der Waals surface area contributed by atoms with Crippen LogP contribution in [0.1, 0.15) is 28.8 Å². The van der Waals surface area contributed by atoms with Crippen molar-refractivity contribution in [2.75, 3.05) is 13.1 Å². The van der Waals surface area contributed by atoms with Gasteiger partial charge in [0.05, 0.1) is 0 Å². The molecule has 2 rings (SSSR count). The van der Waals surface area contributed by atoms with Gasteiger partial charge >= 0.3 is 0 Å². The Morgan fingerprint density at radius 1 is 1.33 bits per heavy atom. The van der Waals surface area contributed by atoms with Crippen molar-refractivity contribution >= 4 is 5.91 Å². The standard InChI is InChI=1S/C13H16NO/c1-2-11-6-5-7-12(10-11)13(15)14-8-3-4-9-14/h5-7,10H,1-4,8-9H2. The Morgan fingerprint density at radius 2 is 2.07 bits per heavy atom. The number of amides is 1. The van der Waals surface area contributed by atoms with Gasteiger partial charge in [-0.05, 0) is 43.9 Å². The summed E-state index contributed by atoms with van der Waals surface area (Å²) in [6, 6.07) is 7.78. The molecular formula is C13H16NO. The summed E-state index contributed by atoms with van der Waals surface area (Å²) in [5.74, 6) is 0.169. The molecule has 1 fully saturated rings. The summed E-state index contributed by atoms with van der Waals surface area (Å²) in [5, 5.41) is 0. The summed E-state index contributed by atoms with van der Waals surface area (Å²) in [6.07, 6.45) is 3.02. The average molecular weight is 202 g/mol. The van der Waals surface area contributed by atoms with Gasteiger partial charge in [0.25, 0.3) is 5.91 Å². The Morgan fingerprint density at radius 3 is 2.73 bits per heavy atom. The zero-order valence-corrected chi connectivity index (χ0v) is 8.91. The molecule has 1 aliphatic rings. The monoisotopic (exact) mass is 202 g/mol. The van der Waals surface area contributed by atoms with Crippen molar-refractivity contribution in [2.24, 2.45) is 0 Å². The van der Waals surface area contributed by atoms with E-state index in [2.05, 4.69) is 6.92 Å². The van der Waals surface area contributed by atoms with Crippen LogP contribution in [-0.2, 0) is 6.42 Å². The lowest BCUT2D eigenvalue weighted by Crippen LogP contribution is -2.27. The maximum Gasteiger partial charge on any atom is 0.253 e. The molecule has 2 heteroatoms. The van der Waals surface area contributed by atoms with Gasteiger partial charge in [0.2, 0.25) is 0 Å². The highest BCUT2D eigenvalue weighted by Crippen LogP contribution is 2.14. The van der Waals surface area contributed by atoms with Gasteiger partial charge in [-0.25, -0.2) is 0 Å². The Bertz CT molecular complexity index is 353. The van der Waals surface area contributed by atoms with E-state index < -0.39 is 0 Å². The predicted octanol–water partition coefficient (Wildman–Crippen LogP) is 2.30. The number of hydrogen-bond acceptors (Lipinski definition) is 1. The van der Waals surface area contributed by atoms with Crippen LogP contribution in [0.5, 0.6) is 0 Å². The number of carbonyl (C=O) groups is 1. The van der Waals surface area contributed by atoms with Gasteiger partial charge in [0, 0.05) is 18.7 Å². The Balaban J connectivity index is 2.17. The molecule has 0 atom stereocenters. The Kier molecular flexibility index (Phi) is 3.05. The van der Waals surface area contributed by atoms with Crippen LogP contribution in [0.2, 0.25) is 0 Å². The third-order valence-electron chi connectivity index (χ3n) is 2.86. The molecule has 0 spiro atoms. The van der Waals surface area contributed by atoms with Gasteiger partial charge in [0.1, 0.15) is 0 Å². The molecule has 1 saturated heterocycles. The number of likely N-dealkylation sites (tertiary alicyclic amines) is 1. The molecule has 0 aliphatic carbocycles. The maximum atomic E-state index is 12.0. The van der Waals surface area contributed by atoms with Crippen LogP contribution in [0, 0.1) is 6.92 Å². The second-order valence-corrected chi connectivity index (χ2v) is 3.95. The molecule has 1 radical (unpaired) electrons. The fraction of sp³-hybridized carbons (Fsp3) is 0.385. The minimum Gasteiger partial charge on any atom is -0.339 e. The van der Waals surface area contributed by atoms with Gasteiger partial charge in [-0.3, -0.25) is 4.79 Å². The number of carbonyl (C=O) groups excluding carboxylic acids is 1. The van der Waals surface area contributed by atoms with Gasteiger partial charge in [-0.15, -0.1) is 0 Å². The zero-order chi connectivity index (χ0) is 10.7. The number of nitrogens with zero attached hydrogens (tertiary/aromatic N) is 1. The van der Waals surface area contributed by atoms with Gasteiger partial charge < -0.3 is 4.90 Å². The van der Waals surface area contributed by atoms with Crippen LogP contribution in [0.15, 0.2) is 24.3 Å². The van der Waals surface area contributed by atoms with E-state index >= 15 is 0 Å². The first-order valence-corrected chi connectivity index (χ1v) is 5.49. The number of hydrogen-bond donors (Lipinski definition) is 0. The molecular weight excluding hydrogens is 186 g/mol. The third-order valence-corrected chi connectivity index (χ3v) is 2.86. The third kappa shape index (κ3) is 2.20. The summed E-state index contributed by atoms with van der Waals surface area (Å²) in [5.41, 5.74) is 1.93. The van der Waals surface area contributed by atoms with Crippen molar-refractivity contribution in [3.8, 4) is 0 Å². The minimum absolute atomic E-state index is 0.169. The normalized spacial score (nSPS) is 15.7. The van der Waals surface area contributed by atoms with Crippen molar-refractivity contribution in [3.05, 3.63) is 42.3 Å². The van der Waals surface area contributed by atoms with E-state index in [1.54, 1.807) is 0 Å². The van der Waals surface area contributed by atoms with Crippen LogP contribution in [0.25, 0.3) is 0 Å². The lowest BCUT2D eigenvalue weighted by atomic mass is 10.1. The van der Waals surface area contributed by atoms with Crippen molar-refractivity contribution in [1.82, 2.24) is 4.90 Å². The molecule has 1 amide bonds. The minimum atomic E-state index is 0.169. The predicted molar refractivity (Wildman–Crippen MR) is 60.6 cm³/mol. The van der Waals surface area contributed by atoms with Crippen LogP contribution in [-0.4, -0.2) is 23.9 Å². The molecule has 0 N–H and O–H groups in total. The first-order valence-electron chi connectivity index (χ1n) is 5.49. The van der Waals surface area contributed by atoms with Crippen LogP contribution < -0.4 is 0 Å². The zero-order valence-electron chi connectivity index (χ0n) is 8.91. The molecule has 79 valence electrons. The molecule has 1 aromatic rings. The Labute approximate surface area is 90.9 Å². The van der Waals surface area contributed by atoms with E-state index in [-0.39, 0.29) is 5.91 Å². The van der Waals surface area contributed by atoms with Crippen LogP contribution >= 0.6 is 0 Å². The van der Waals surface area contributed by atoms with Crippen molar-refractivity contribution in [3.63, 3.8) is 0 Å². The van der Waals surface area contributed by atoms with Crippen molar-refractivity contribution in [2.45, 2.75) is 19.3 Å². The fourth-order valence-electron chi connectivity index (χ4n) is 1.96. The van der Waals surface area contributed by atoms with Gasteiger partial charge in [-0.1, -0.05) is 12.1 Å². The summed E-state index contributed by atoms with van der Waals surface area (Å²) >= 11 is 0. The van der Waals surface area contributed by atoms with E-state index in [1.807, 2.05) is 29.2 Å². The van der Waals surface area contributed by atoms with E-state index in [1.165, 1.54) is 0 Å². The molecule has 15 heavy (non-hydrogen) atoms. The largest absolute Gasteiger partial charge is 0.339 e. The van der Waals surface area contributed by atoms with Crippen LogP contribution in [0.3, 0.4) is 0 Å². The first kappa shape index (κ1) is 10.2. The lowest BCUT2D eigenvalue weighted by Gasteiger charge is -2.15. The topological polar surface area (TPSA) is 20.3 Å². The summed E-state index contributed by atoms with van der Waals surface area (Å²) in [4.78, 5) is 14.0. The fourth-order valence-corrected chi connectivity index (χ4v) is 1.96. The molecule has 1 heterocycles. The lowest BCUT2D eigenvalue weighted by molar-refractivity contribution is 0.0792. The van der Waals surface area contributed by atoms with Crippen molar-refractivity contribution < 1.29 is 4.79 Å². The average Bonchev–Trinajstić information content (AvgIpc) is 2.81. The molecule has 0 bridgehead atoms. The highest BCUT2D eigenvalue weighted by molar-refractivity contribution is 5.94. The second-order valence-electron chi connectivity index (χ2n) is 3.95. The number of benzene rings is 1. The van der Waals surface area contributed by atoms with E-state index in [9.17, 15) is 4.79 Å². The second kappa shape index (κ2) is 4.47. The first-order chi connectivity index (χ1) is 7.31. The molecule has 2 nitrogen and oxygen atoms in total. The molecule has 1 aliphatic heterocycles. The van der Waals surface area contributed by atoms with Gasteiger partial charge in [-0.2, -0.15) is 0 Å². The van der Waals surface area contributed by atoms with E-state index in [0.717, 1.165) is 43.5 Å². The molecule has 0 saturated carbocycles. The van der Waals surface area contributed by atoms with E-state index in [4.69, 9.17) is 0 Å². The smallest absolute Gasteiger partial charge is 0.253 e. The summed E-state index contributed by atoms with van der Waals surface area (Å²) < 4.78 is 0. The number of rotatable bonds is 2. The highest BCUT2D eigenvalue weighted by atomic mass is 16.2.